The minimum atomic E-state index is 0.106. The molecule has 0 aliphatic rings. The molecule has 1 aromatic carbocycles. The maximum Gasteiger partial charge on any atom is 0.180 e. The number of benzene rings is 1. The number of aromatic hydroxyl groups is 2. The van der Waals surface area contributed by atoms with E-state index in [4.69, 9.17) is 0 Å². The molecule has 0 radical (unpaired) electrons. The molecule has 0 saturated heterocycles. The average molecular weight is 303 g/mol. The number of phenols is 1. The summed E-state index contributed by atoms with van der Waals surface area (Å²) in [6.07, 6.45) is 3.55. The topological polar surface area (TPSA) is 70.7 Å². The quantitative estimate of drug-likeness (QED) is 0.595. The Hall–Kier alpha value is -3.34. The molecule has 23 heavy (non-hydrogen) atoms. The molecule has 0 unspecified atom stereocenters. The van der Waals surface area contributed by atoms with Crippen LogP contribution in [0.25, 0.3) is 28.3 Å². The van der Waals surface area contributed by atoms with E-state index in [9.17, 15) is 10.2 Å². The molecule has 4 rings (SSSR count). The van der Waals surface area contributed by atoms with Crippen LogP contribution >= 0.6 is 0 Å². The zero-order valence-electron chi connectivity index (χ0n) is 12.1. The number of pyridine rings is 2. The number of rotatable bonds is 2. The molecule has 2 N–H and O–H groups in total. The van der Waals surface area contributed by atoms with Crippen molar-refractivity contribution in [1.29, 1.82) is 0 Å². The van der Waals surface area contributed by atoms with E-state index in [0.29, 0.717) is 11.3 Å². The van der Waals surface area contributed by atoms with Crippen LogP contribution in [0.1, 0.15) is 0 Å². The van der Waals surface area contributed by atoms with Gasteiger partial charge < -0.3 is 10.2 Å². The number of imidazole rings is 1. The SMILES string of the molecule is Oc1ccc(-c2c(-c3ccccn3)nc3c(O)cccn23)cc1. The third-order valence-electron chi connectivity index (χ3n) is 3.68. The van der Waals surface area contributed by atoms with Crippen molar-refractivity contribution in [1.82, 2.24) is 14.4 Å². The van der Waals surface area contributed by atoms with Crippen LogP contribution in [0, 0.1) is 0 Å². The largest absolute Gasteiger partial charge is 0.508 e. The predicted octanol–water partition coefficient (Wildman–Crippen LogP) is 3.47. The Morgan fingerprint density at radius 1 is 0.870 bits per heavy atom. The van der Waals surface area contributed by atoms with E-state index in [-0.39, 0.29) is 11.5 Å². The molecule has 112 valence electrons. The number of hydrogen-bond donors (Lipinski definition) is 2. The first kappa shape index (κ1) is 13.3. The Kier molecular flexibility index (Phi) is 2.98. The van der Waals surface area contributed by atoms with Crippen molar-refractivity contribution in [2.75, 3.05) is 0 Å². The summed E-state index contributed by atoms with van der Waals surface area (Å²) in [6, 6.07) is 15.9. The van der Waals surface area contributed by atoms with Crippen LogP contribution in [0.15, 0.2) is 67.0 Å². The lowest BCUT2D eigenvalue weighted by Crippen LogP contribution is -1.90. The molecule has 0 fully saturated rings. The van der Waals surface area contributed by atoms with Gasteiger partial charge in [-0.05, 0) is 48.5 Å². The molecule has 0 bridgehead atoms. The molecule has 0 saturated carbocycles. The summed E-state index contributed by atoms with van der Waals surface area (Å²) in [5, 5.41) is 19.6. The Labute approximate surface area is 132 Å². The van der Waals surface area contributed by atoms with Gasteiger partial charge in [0.25, 0.3) is 0 Å². The first-order valence-corrected chi connectivity index (χ1v) is 7.15. The highest BCUT2D eigenvalue weighted by Crippen LogP contribution is 2.34. The second-order valence-electron chi connectivity index (χ2n) is 5.16. The summed E-state index contributed by atoms with van der Waals surface area (Å²) < 4.78 is 1.83. The van der Waals surface area contributed by atoms with E-state index in [1.54, 1.807) is 30.5 Å². The summed E-state index contributed by atoms with van der Waals surface area (Å²) in [7, 11) is 0. The summed E-state index contributed by atoms with van der Waals surface area (Å²) in [6.45, 7) is 0. The molecule has 4 aromatic rings. The summed E-state index contributed by atoms with van der Waals surface area (Å²) in [5.41, 5.74) is 3.56. The molecule has 0 atom stereocenters. The van der Waals surface area contributed by atoms with Crippen LogP contribution in [-0.2, 0) is 0 Å². The van der Waals surface area contributed by atoms with Crippen LogP contribution in [0.2, 0.25) is 0 Å². The maximum absolute atomic E-state index is 10.1. The fourth-order valence-corrected chi connectivity index (χ4v) is 2.63. The summed E-state index contributed by atoms with van der Waals surface area (Å²) in [4.78, 5) is 8.94. The molecule has 0 aliphatic carbocycles. The number of nitrogens with zero attached hydrogens (tertiary/aromatic N) is 3. The fourth-order valence-electron chi connectivity index (χ4n) is 2.63. The fraction of sp³-hybridized carbons (Fsp3) is 0. The standard InChI is InChI=1S/C18H13N3O2/c22-13-8-6-12(7-9-13)17-16(14-4-1-2-10-19-14)20-18-15(23)5-3-11-21(17)18/h1-11,22-23H. The zero-order chi connectivity index (χ0) is 15.8. The van der Waals surface area contributed by atoms with Gasteiger partial charge in [-0.25, -0.2) is 4.98 Å². The third kappa shape index (κ3) is 2.19. The Balaban J connectivity index is 2.07. The Morgan fingerprint density at radius 2 is 1.70 bits per heavy atom. The number of hydrogen-bond acceptors (Lipinski definition) is 4. The molecule has 3 aromatic heterocycles. The van der Waals surface area contributed by atoms with E-state index in [1.807, 2.05) is 40.9 Å². The normalized spacial score (nSPS) is 11.0. The number of aromatic nitrogens is 3. The van der Waals surface area contributed by atoms with E-state index < -0.39 is 0 Å². The molecular weight excluding hydrogens is 290 g/mol. The van der Waals surface area contributed by atoms with Gasteiger partial charge in [-0.3, -0.25) is 9.38 Å². The molecule has 5 heteroatoms. The minimum Gasteiger partial charge on any atom is -0.508 e. The van der Waals surface area contributed by atoms with Gasteiger partial charge in [-0.1, -0.05) is 6.07 Å². The smallest absolute Gasteiger partial charge is 0.180 e. The first-order valence-electron chi connectivity index (χ1n) is 7.15. The van der Waals surface area contributed by atoms with E-state index in [2.05, 4.69) is 9.97 Å². The van der Waals surface area contributed by atoms with Crippen LogP contribution < -0.4 is 0 Å². The third-order valence-corrected chi connectivity index (χ3v) is 3.68. The van der Waals surface area contributed by atoms with Gasteiger partial charge in [0, 0.05) is 18.0 Å². The molecule has 0 spiro atoms. The van der Waals surface area contributed by atoms with Crippen molar-refractivity contribution in [3.8, 4) is 34.1 Å². The highest BCUT2D eigenvalue weighted by atomic mass is 16.3. The Morgan fingerprint density at radius 3 is 2.43 bits per heavy atom. The van der Waals surface area contributed by atoms with Crippen molar-refractivity contribution < 1.29 is 10.2 Å². The lowest BCUT2D eigenvalue weighted by Gasteiger charge is -2.05. The average Bonchev–Trinajstić information content (AvgIpc) is 2.97. The van der Waals surface area contributed by atoms with Gasteiger partial charge in [0.1, 0.15) is 11.4 Å². The lowest BCUT2D eigenvalue weighted by molar-refractivity contribution is 0.475. The van der Waals surface area contributed by atoms with Gasteiger partial charge in [0.15, 0.2) is 11.4 Å². The van der Waals surface area contributed by atoms with Crippen LogP contribution in [0.5, 0.6) is 11.5 Å². The van der Waals surface area contributed by atoms with Crippen molar-refractivity contribution in [2.45, 2.75) is 0 Å². The van der Waals surface area contributed by atoms with Gasteiger partial charge >= 0.3 is 0 Å². The van der Waals surface area contributed by atoms with Gasteiger partial charge in [0.05, 0.1) is 11.4 Å². The maximum atomic E-state index is 10.1. The van der Waals surface area contributed by atoms with Crippen molar-refractivity contribution in [3.05, 3.63) is 67.0 Å². The van der Waals surface area contributed by atoms with E-state index in [1.165, 1.54) is 0 Å². The van der Waals surface area contributed by atoms with E-state index >= 15 is 0 Å². The predicted molar refractivity (Wildman–Crippen MR) is 87.2 cm³/mol. The number of fused-ring (bicyclic) bond motifs is 1. The highest BCUT2D eigenvalue weighted by Gasteiger charge is 2.18. The van der Waals surface area contributed by atoms with Crippen molar-refractivity contribution >= 4 is 5.65 Å². The minimum absolute atomic E-state index is 0.106. The molecule has 0 aliphatic heterocycles. The van der Waals surface area contributed by atoms with E-state index in [0.717, 1.165) is 17.0 Å². The molecule has 3 heterocycles. The van der Waals surface area contributed by atoms with Crippen molar-refractivity contribution in [3.63, 3.8) is 0 Å². The lowest BCUT2D eigenvalue weighted by atomic mass is 10.1. The molecular formula is C18H13N3O2. The molecule has 5 nitrogen and oxygen atoms in total. The van der Waals surface area contributed by atoms with Crippen LogP contribution in [0.4, 0.5) is 0 Å². The second kappa shape index (κ2) is 5.14. The highest BCUT2D eigenvalue weighted by molar-refractivity contribution is 5.82. The molecule has 0 amide bonds. The first-order chi connectivity index (χ1) is 11.2. The zero-order valence-corrected chi connectivity index (χ0v) is 12.1. The van der Waals surface area contributed by atoms with Crippen molar-refractivity contribution in [2.24, 2.45) is 0 Å². The van der Waals surface area contributed by atoms with Crippen LogP contribution in [-0.4, -0.2) is 24.6 Å². The van der Waals surface area contributed by atoms with Crippen LogP contribution in [0.3, 0.4) is 0 Å². The number of phenolic OH excluding ortho intramolecular Hbond substituents is 1. The summed E-state index contributed by atoms with van der Waals surface area (Å²) in [5.74, 6) is 0.305. The van der Waals surface area contributed by atoms with Gasteiger partial charge in [0.2, 0.25) is 0 Å². The second-order valence-corrected chi connectivity index (χ2v) is 5.16. The van der Waals surface area contributed by atoms with Gasteiger partial charge in [-0.15, -0.1) is 0 Å². The monoisotopic (exact) mass is 303 g/mol. The Bertz CT molecular complexity index is 977. The summed E-state index contributed by atoms with van der Waals surface area (Å²) >= 11 is 0. The van der Waals surface area contributed by atoms with Gasteiger partial charge in [-0.2, -0.15) is 0 Å².